The Morgan fingerprint density at radius 3 is 2.81 bits per heavy atom. The Morgan fingerprint density at radius 1 is 1.15 bits per heavy atom. The zero-order valence-corrected chi connectivity index (χ0v) is 15.0. The molecule has 6 nitrogen and oxygen atoms in total. The molecule has 2 N–H and O–H groups in total. The lowest BCUT2D eigenvalue weighted by molar-refractivity contribution is 0.0927. The highest BCUT2D eigenvalue weighted by Gasteiger charge is 2.28. The molecule has 1 amide bonds. The van der Waals surface area contributed by atoms with Crippen molar-refractivity contribution in [2.24, 2.45) is 0 Å². The van der Waals surface area contributed by atoms with E-state index in [0.29, 0.717) is 11.6 Å². The van der Waals surface area contributed by atoms with E-state index < -0.39 is 0 Å². The summed E-state index contributed by atoms with van der Waals surface area (Å²) in [6, 6.07) is 11.8. The van der Waals surface area contributed by atoms with E-state index in [0.717, 1.165) is 47.6 Å². The molecule has 6 heteroatoms. The van der Waals surface area contributed by atoms with Gasteiger partial charge in [-0.15, -0.1) is 0 Å². The lowest BCUT2D eigenvalue weighted by Gasteiger charge is -2.25. The van der Waals surface area contributed by atoms with Crippen LogP contribution in [-0.2, 0) is 6.42 Å². The minimum atomic E-state index is -0.136. The molecular formula is C21H21N5O. The summed E-state index contributed by atoms with van der Waals surface area (Å²) in [5, 5.41) is 10.3. The van der Waals surface area contributed by atoms with Crippen LogP contribution in [0.15, 0.2) is 42.6 Å². The summed E-state index contributed by atoms with van der Waals surface area (Å²) in [7, 11) is 0. The van der Waals surface area contributed by atoms with E-state index in [-0.39, 0.29) is 11.9 Å². The number of fused-ring (bicyclic) bond motifs is 1. The quantitative estimate of drug-likeness (QED) is 0.746. The highest BCUT2D eigenvalue weighted by atomic mass is 16.2. The third kappa shape index (κ3) is 3.23. The minimum absolute atomic E-state index is 0.0628. The Morgan fingerprint density at radius 2 is 2.00 bits per heavy atom. The molecule has 0 aliphatic heterocycles. The Kier molecular flexibility index (Phi) is 3.96. The van der Waals surface area contributed by atoms with Gasteiger partial charge in [0.15, 0.2) is 5.82 Å². The first-order valence-corrected chi connectivity index (χ1v) is 9.55. The van der Waals surface area contributed by atoms with Crippen molar-refractivity contribution in [1.29, 1.82) is 0 Å². The van der Waals surface area contributed by atoms with E-state index in [9.17, 15) is 4.79 Å². The van der Waals surface area contributed by atoms with E-state index in [1.807, 2.05) is 42.6 Å². The third-order valence-electron chi connectivity index (χ3n) is 5.37. The van der Waals surface area contributed by atoms with Gasteiger partial charge in [-0.1, -0.05) is 30.3 Å². The number of H-pyrrole nitrogens is 1. The Balaban J connectivity index is 1.36. The predicted octanol–water partition coefficient (Wildman–Crippen LogP) is 3.55. The molecule has 0 spiro atoms. The van der Waals surface area contributed by atoms with Gasteiger partial charge in [-0.05, 0) is 38.2 Å². The lowest BCUT2D eigenvalue weighted by Crippen LogP contribution is -2.31. The number of aryl methyl sites for hydroxylation is 1. The van der Waals surface area contributed by atoms with Crippen LogP contribution in [-0.4, -0.2) is 26.1 Å². The summed E-state index contributed by atoms with van der Waals surface area (Å²) in [4.78, 5) is 21.9. The van der Waals surface area contributed by atoms with Crippen LogP contribution in [0.1, 0.15) is 65.1 Å². The fourth-order valence-electron chi connectivity index (χ4n) is 3.71. The second kappa shape index (κ2) is 6.61. The van der Waals surface area contributed by atoms with Gasteiger partial charge >= 0.3 is 0 Å². The average Bonchev–Trinajstić information content (AvgIpc) is 3.45. The van der Waals surface area contributed by atoms with Crippen molar-refractivity contribution in [2.75, 3.05) is 0 Å². The maximum Gasteiger partial charge on any atom is 0.272 e. The standard InChI is InChI=1S/C21H21N5O/c27-21(19-11-18(25-26-19)13-9-10-13)24-17-8-4-7-16-15(17)12-22-20(23-16)14-5-2-1-3-6-14/h1-3,5-6,11-13,17H,4,7-10H2,(H,24,27)(H,25,26)/t17-/m1/s1. The van der Waals surface area contributed by atoms with E-state index in [2.05, 4.69) is 20.5 Å². The number of hydrogen-bond acceptors (Lipinski definition) is 4. The number of hydrogen-bond donors (Lipinski definition) is 2. The molecule has 2 aromatic heterocycles. The molecule has 1 fully saturated rings. The first kappa shape index (κ1) is 16.2. The van der Waals surface area contributed by atoms with Crippen LogP contribution in [0.4, 0.5) is 0 Å². The van der Waals surface area contributed by atoms with Crippen molar-refractivity contribution >= 4 is 5.91 Å². The number of carbonyl (C=O) groups is 1. The molecule has 136 valence electrons. The summed E-state index contributed by atoms with van der Waals surface area (Å²) in [6.07, 6.45) is 7.04. The van der Waals surface area contributed by atoms with Gasteiger partial charge < -0.3 is 5.32 Å². The summed E-state index contributed by atoms with van der Waals surface area (Å²) < 4.78 is 0. The van der Waals surface area contributed by atoms with Crippen molar-refractivity contribution < 1.29 is 4.79 Å². The van der Waals surface area contributed by atoms with E-state index in [1.165, 1.54) is 12.8 Å². The smallest absolute Gasteiger partial charge is 0.272 e. The minimum Gasteiger partial charge on any atom is -0.344 e. The molecule has 3 aromatic rings. The molecule has 1 saturated carbocycles. The largest absolute Gasteiger partial charge is 0.344 e. The Bertz CT molecular complexity index is 977. The highest BCUT2D eigenvalue weighted by Crippen LogP contribution is 2.39. The molecule has 27 heavy (non-hydrogen) atoms. The van der Waals surface area contributed by atoms with Crippen LogP contribution < -0.4 is 5.32 Å². The number of aromatic amines is 1. The van der Waals surface area contributed by atoms with Crippen LogP contribution in [0.25, 0.3) is 11.4 Å². The summed E-state index contributed by atoms with van der Waals surface area (Å²) in [5.74, 6) is 1.16. The maximum absolute atomic E-state index is 12.6. The zero-order chi connectivity index (χ0) is 18.2. The van der Waals surface area contributed by atoms with Crippen molar-refractivity contribution in [1.82, 2.24) is 25.5 Å². The Hall–Kier alpha value is -3.02. The zero-order valence-electron chi connectivity index (χ0n) is 15.0. The van der Waals surface area contributed by atoms with Crippen molar-refractivity contribution in [3.63, 3.8) is 0 Å². The van der Waals surface area contributed by atoms with Crippen LogP contribution in [0.3, 0.4) is 0 Å². The van der Waals surface area contributed by atoms with E-state index >= 15 is 0 Å². The van der Waals surface area contributed by atoms with Crippen molar-refractivity contribution in [3.8, 4) is 11.4 Å². The molecule has 0 bridgehead atoms. The molecule has 2 aliphatic rings. The van der Waals surface area contributed by atoms with Crippen LogP contribution in [0.5, 0.6) is 0 Å². The third-order valence-corrected chi connectivity index (χ3v) is 5.37. The van der Waals surface area contributed by atoms with Gasteiger partial charge in [-0.25, -0.2) is 9.97 Å². The van der Waals surface area contributed by atoms with Crippen LogP contribution in [0, 0.1) is 0 Å². The number of rotatable bonds is 4. The molecule has 0 saturated heterocycles. The monoisotopic (exact) mass is 359 g/mol. The van der Waals surface area contributed by atoms with Gasteiger partial charge in [0.2, 0.25) is 0 Å². The summed E-state index contributed by atoms with van der Waals surface area (Å²) in [6.45, 7) is 0. The first-order valence-electron chi connectivity index (χ1n) is 9.55. The van der Waals surface area contributed by atoms with Crippen molar-refractivity contribution in [3.05, 3.63) is 65.2 Å². The van der Waals surface area contributed by atoms with Gasteiger partial charge in [0, 0.05) is 34.6 Å². The van der Waals surface area contributed by atoms with E-state index in [4.69, 9.17) is 4.98 Å². The SMILES string of the molecule is O=C(N[C@@H]1CCCc2nc(-c3ccccc3)ncc21)c1cc(C2CC2)[nH]n1. The molecule has 2 aliphatic carbocycles. The molecule has 0 radical (unpaired) electrons. The van der Waals surface area contributed by atoms with Gasteiger partial charge in [0.25, 0.3) is 5.91 Å². The van der Waals surface area contributed by atoms with Crippen molar-refractivity contribution in [2.45, 2.75) is 44.1 Å². The van der Waals surface area contributed by atoms with Gasteiger partial charge in [-0.3, -0.25) is 9.89 Å². The van der Waals surface area contributed by atoms with Crippen LogP contribution in [0.2, 0.25) is 0 Å². The van der Waals surface area contributed by atoms with E-state index in [1.54, 1.807) is 0 Å². The Labute approximate surface area is 157 Å². The average molecular weight is 359 g/mol. The number of aromatic nitrogens is 4. The normalized spacial score (nSPS) is 18.7. The fourth-order valence-corrected chi connectivity index (χ4v) is 3.71. The lowest BCUT2D eigenvalue weighted by atomic mass is 9.92. The number of carbonyl (C=O) groups excluding carboxylic acids is 1. The number of benzene rings is 1. The summed E-state index contributed by atoms with van der Waals surface area (Å²) >= 11 is 0. The second-order valence-electron chi connectivity index (χ2n) is 7.36. The highest BCUT2D eigenvalue weighted by molar-refractivity contribution is 5.92. The number of amides is 1. The molecule has 5 rings (SSSR count). The first-order chi connectivity index (χ1) is 13.3. The maximum atomic E-state index is 12.6. The predicted molar refractivity (Wildman–Crippen MR) is 101 cm³/mol. The van der Waals surface area contributed by atoms with Gasteiger partial charge in [0.05, 0.1) is 6.04 Å². The second-order valence-corrected chi connectivity index (χ2v) is 7.36. The topological polar surface area (TPSA) is 83.6 Å². The molecule has 1 aromatic carbocycles. The van der Waals surface area contributed by atoms with Gasteiger partial charge in [-0.2, -0.15) is 5.10 Å². The molecule has 1 atom stereocenters. The molecular weight excluding hydrogens is 338 g/mol. The molecule has 2 heterocycles. The summed E-state index contributed by atoms with van der Waals surface area (Å²) in [5.41, 5.74) is 4.59. The van der Waals surface area contributed by atoms with Crippen LogP contribution >= 0.6 is 0 Å². The molecule has 0 unspecified atom stereocenters. The van der Waals surface area contributed by atoms with Gasteiger partial charge in [0.1, 0.15) is 5.69 Å². The number of nitrogens with zero attached hydrogens (tertiary/aromatic N) is 3. The number of nitrogens with one attached hydrogen (secondary N) is 2. The fraction of sp³-hybridized carbons (Fsp3) is 0.333.